The highest BCUT2D eigenvalue weighted by Crippen LogP contribution is 2.20. The number of nitrogens with zero attached hydrogens (tertiary/aromatic N) is 1. The molecule has 0 unspecified atom stereocenters. The fourth-order valence-electron chi connectivity index (χ4n) is 1.21. The minimum atomic E-state index is -0.622. The predicted molar refractivity (Wildman–Crippen MR) is 39.8 cm³/mol. The molecule has 1 aliphatic heterocycles. The Morgan fingerprint density at radius 1 is 1.42 bits per heavy atom. The highest BCUT2D eigenvalue weighted by Gasteiger charge is 2.23. The smallest absolute Gasteiger partial charge is 0.147 e. The standard InChI is InChI=1S/C8H8F2N2/c9-6-1-7(10)8(12-4-6)5-2-11-3-5/h1,4-5,11H,2-3H2. The Morgan fingerprint density at radius 2 is 2.17 bits per heavy atom. The average molecular weight is 170 g/mol. The first kappa shape index (κ1) is 7.61. The molecule has 1 N–H and O–H groups in total. The van der Waals surface area contributed by atoms with Crippen molar-refractivity contribution >= 4 is 0 Å². The first-order chi connectivity index (χ1) is 5.77. The normalized spacial score (nSPS) is 17.5. The van der Waals surface area contributed by atoms with Crippen molar-refractivity contribution in [2.75, 3.05) is 13.1 Å². The van der Waals surface area contributed by atoms with Crippen molar-refractivity contribution in [1.82, 2.24) is 10.3 Å². The van der Waals surface area contributed by atoms with Crippen LogP contribution in [0.25, 0.3) is 0 Å². The van der Waals surface area contributed by atoms with Gasteiger partial charge in [-0.25, -0.2) is 8.78 Å². The van der Waals surface area contributed by atoms with Crippen LogP contribution in [-0.2, 0) is 0 Å². The van der Waals surface area contributed by atoms with E-state index in [9.17, 15) is 8.78 Å². The van der Waals surface area contributed by atoms with Crippen LogP contribution in [0, 0.1) is 11.6 Å². The van der Waals surface area contributed by atoms with Crippen LogP contribution in [-0.4, -0.2) is 18.1 Å². The van der Waals surface area contributed by atoms with Gasteiger partial charge in [-0.05, 0) is 0 Å². The SMILES string of the molecule is Fc1cnc(C2CNC2)c(F)c1. The molecule has 1 aromatic rings. The second-order valence-electron chi connectivity index (χ2n) is 2.88. The summed E-state index contributed by atoms with van der Waals surface area (Å²) in [6.45, 7) is 1.46. The predicted octanol–water partition coefficient (Wildman–Crippen LogP) is 1.05. The molecule has 2 nitrogen and oxygen atoms in total. The van der Waals surface area contributed by atoms with Crippen molar-refractivity contribution in [3.8, 4) is 0 Å². The molecule has 1 aromatic heterocycles. The number of rotatable bonds is 1. The summed E-state index contributed by atoms with van der Waals surface area (Å²) < 4.78 is 25.4. The molecule has 4 heteroatoms. The summed E-state index contributed by atoms with van der Waals surface area (Å²) in [7, 11) is 0. The summed E-state index contributed by atoms with van der Waals surface area (Å²) in [4.78, 5) is 3.71. The molecular weight excluding hydrogens is 162 g/mol. The Balaban J connectivity index is 2.31. The Kier molecular flexibility index (Phi) is 1.77. The molecule has 2 rings (SSSR count). The van der Waals surface area contributed by atoms with E-state index in [4.69, 9.17) is 0 Å². The summed E-state index contributed by atoms with van der Waals surface area (Å²) in [6, 6.07) is 0.876. The molecule has 0 aromatic carbocycles. The third-order valence-corrected chi connectivity index (χ3v) is 2.00. The first-order valence-corrected chi connectivity index (χ1v) is 3.79. The molecule has 0 atom stereocenters. The van der Waals surface area contributed by atoms with Crippen molar-refractivity contribution in [2.45, 2.75) is 5.92 Å². The van der Waals surface area contributed by atoms with E-state index in [1.54, 1.807) is 0 Å². The lowest BCUT2D eigenvalue weighted by Crippen LogP contribution is -2.40. The van der Waals surface area contributed by atoms with Gasteiger partial charge < -0.3 is 5.32 Å². The Morgan fingerprint density at radius 3 is 2.67 bits per heavy atom. The second kappa shape index (κ2) is 2.79. The molecule has 0 radical (unpaired) electrons. The minimum Gasteiger partial charge on any atom is -0.315 e. The maximum absolute atomic E-state index is 13.0. The van der Waals surface area contributed by atoms with E-state index in [1.165, 1.54) is 0 Å². The zero-order valence-electron chi connectivity index (χ0n) is 6.35. The molecule has 64 valence electrons. The van der Waals surface area contributed by atoms with Crippen LogP contribution in [0.2, 0.25) is 0 Å². The monoisotopic (exact) mass is 170 g/mol. The molecule has 1 fully saturated rings. The van der Waals surface area contributed by atoms with E-state index in [0.29, 0.717) is 5.69 Å². The van der Waals surface area contributed by atoms with Crippen LogP contribution in [0.4, 0.5) is 8.78 Å². The second-order valence-corrected chi connectivity index (χ2v) is 2.88. The van der Waals surface area contributed by atoms with Crippen LogP contribution < -0.4 is 5.32 Å². The zero-order valence-corrected chi connectivity index (χ0v) is 6.35. The molecule has 1 saturated heterocycles. The number of hydrogen-bond donors (Lipinski definition) is 1. The lowest BCUT2D eigenvalue weighted by molar-refractivity contribution is 0.417. The number of halogens is 2. The van der Waals surface area contributed by atoms with Crippen LogP contribution >= 0.6 is 0 Å². The van der Waals surface area contributed by atoms with Gasteiger partial charge >= 0.3 is 0 Å². The van der Waals surface area contributed by atoms with Gasteiger partial charge in [0, 0.05) is 25.1 Å². The number of hydrogen-bond acceptors (Lipinski definition) is 2. The summed E-state index contributed by atoms with van der Waals surface area (Å²) in [6.07, 6.45) is 1.05. The Labute approximate surface area is 68.6 Å². The highest BCUT2D eigenvalue weighted by atomic mass is 19.1. The van der Waals surface area contributed by atoms with Crippen LogP contribution in [0.3, 0.4) is 0 Å². The van der Waals surface area contributed by atoms with Crippen LogP contribution in [0.15, 0.2) is 12.3 Å². The van der Waals surface area contributed by atoms with Gasteiger partial charge in [0.15, 0.2) is 0 Å². The molecule has 0 saturated carbocycles. The number of pyridine rings is 1. The Hall–Kier alpha value is -1.03. The topological polar surface area (TPSA) is 24.9 Å². The van der Waals surface area contributed by atoms with Gasteiger partial charge in [0.05, 0.1) is 11.9 Å². The van der Waals surface area contributed by atoms with Gasteiger partial charge in [-0.2, -0.15) is 0 Å². The van der Waals surface area contributed by atoms with Crippen LogP contribution in [0.5, 0.6) is 0 Å². The largest absolute Gasteiger partial charge is 0.315 e. The maximum Gasteiger partial charge on any atom is 0.147 e. The van der Waals surface area contributed by atoms with Crippen molar-refractivity contribution in [3.05, 3.63) is 29.6 Å². The molecule has 0 spiro atoms. The third-order valence-electron chi connectivity index (χ3n) is 2.00. The van der Waals surface area contributed by atoms with E-state index in [1.807, 2.05) is 0 Å². The van der Waals surface area contributed by atoms with E-state index in [0.717, 1.165) is 25.4 Å². The fraction of sp³-hybridized carbons (Fsp3) is 0.375. The maximum atomic E-state index is 13.0. The van der Waals surface area contributed by atoms with E-state index in [-0.39, 0.29) is 5.92 Å². The van der Waals surface area contributed by atoms with Gasteiger partial charge in [0.1, 0.15) is 11.6 Å². The number of nitrogens with one attached hydrogen (secondary N) is 1. The Bertz CT molecular complexity index is 297. The molecule has 1 aliphatic rings. The molecule has 0 aliphatic carbocycles. The quantitative estimate of drug-likeness (QED) is 0.681. The average Bonchev–Trinajstić information content (AvgIpc) is 1.91. The van der Waals surface area contributed by atoms with E-state index < -0.39 is 11.6 Å². The lowest BCUT2D eigenvalue weighted by Gasteiger charge is -2.26. The summed E-state index contributed by atoms with van der Waals surface area (Å²) in [5.74, 6) is -1.05. The number of aromatic nitrogens is 1. The first-order valence-electron chi connectivity index (χ1n) is 3.79. The van der Waals surface area contributed by atoms with Gasteiger partial charge in [-0.1, -0.05) is 0 Å². The molecule has 0 bridgehead atoms. The van der Waals surface area contributed by atoms with Gasteiger partial charge in [-0.3, -0.25) is 4.98 Å². The molecule has 0 amide bonds. The molecule has 12 heavy (non-hydrogen) atoms. The van der Waals surface area contributed by atoms with Crippen LogP contribution in [0.1, 0.15) is 11.6 Å². The van der Waals surface area contributed by atoms with Crippen molar-refractivity contribution < 1.29 is 8.78 Å². The summed E-state index contributed by atoms with van der Waals surface area (Å²) in [5, 5.41) is 3.00. The van der Waals surface area contributed by atoms with Gasteiger partial charge in [0.25, 0.3) is 0 Å². The molecular formula is C8H8F2N2. The summed E-state index contributed by atoms with van der Waals surface area (Å²) >= 11 is 0. The van der Waals surface area contributed by atoms with Gasteiger partial charge in [0.2, 0.25) is 0 Å². The summed E-state index contributed by atoms with van der Waals surface area (Å²) in [5.41, 5.74) is 0.371. The van der Waals surface area contributed by atoms with E-state index >= 15 is 0 Å². The third kappa shape index (κ3) is 1.18. The van der Waals surface area contributed by atoms with Gasteiger partial charge in [-0.15, -0.1) is 0 Å². The van der Waals surface area contributed by atoms with Crippen molar-refractivity contribution in [1.29, 1.82) is 0 Å². The highest BCUT2D eigenvalue weighted by molar-refractivity contribution is 5.16. The lowest BCUT2D eigenvalue weighted by atomic mass is 9.98. The fourth-order valence-corrected chi connectivity index (χ4v) is 1.21. The van der Waals surface area contributed by atoms with Crippen molar-refractivity contribution in [2.24, 2.45) is 0 Å². The molecule has 2 heterocycles. The van der Waals surface area contributed by atoms with Crippen molar-refractivity contribution in [3.63, 3.8) is 0 Å². The zero-order chi connectivity index (χ0) is 8.55. The minimum absolute atomic E-state index is 0.116. The van der Waals surface area contributed by atoms with E-state index in [2.05, 4.69) is 10.3 Å².